The number of nitrogens with one attached hydrogen (secondary N) is 2. The molecule has 164 valence electrons. The van der Waals surface area contributed by atoms with E-state index < -0.39 is 29.8 Å². The fraction of sp³-hybridized carbons (Fsp3) is 0.294. The molecule has 0 spiro atoms. The number of sulfonamides is 2. The van der Waals surface area contributed by atoms with Crippen LogP contribution < -0.4 is 20.9 Å². The van der Waals surface area contributed by atoms with Gasteiger partial charge in [-0.3, -0.25) is 0 Å². The van der Waals surface area contributed by atoms with Gasteiger partial charge in [0.1, 0.15) is 15.6 Å². The fourth-order valence-corrected chi connectivity index (χ4v) is 6.36. The molecule has 3 heterocycles. The molecule has 0 radical (unpaired) electrons. The minimum atomic E-state index is -4.54. The summed E-state index contributed by atoms with van der Waals surface area (Å²) in [6, 6.07) is 7.04. The summed E-state index contributed by atoms with van der Waals surface area (Å²) in [5, 5.41) is 16.2. The summed E-state index contributed by atoms with van der Waals surface area (Å²) in [6.45, 7) is 1.06. The first-order valence-electron chi connectivity index (χ1n) is 9.25. The first-order chi connectivity index (χ1) is 14.7. The molecule has 0 bridgehead atoms. The number of primary sulfonamides is 1. The van der Waals surface area contributed by atoms with E-state index in [0.29, 0.717) is 25.2 Å². The second kappa shape index (κ2) is 8.05. The summed E-state index contributed by atoms with van der Waals surface area (Å²) >= 11 is 0. The lowest BCUT2D eigenvalue weighted by molar-refractivity contribution is 0.555. The van der Waals surface area contributed by atoms with Gasteiger partial charge in [0.25, 0.3) is 0 Å². The fourth-order valence-electron chi connectivity index (χ4n) is 3.49. The average molecular weight is 465 g/mol. The number of pyridine rings is 1. The molecule has 6 N–H and O–H groups in total. The van der Waals surface area contributed by atoms with Crippen LogP contribution in [-0.2, 0) is 20.0 Å². The highest BCUT2D eigenvalue weighted by Gasteiger charge is 2.34. The van der Waals surface area contributed by atoms with Crippen LogP contribution in [0.25, 0.3) is 11.3 Å². The summed E-state index contributed by atoms with van der Waals surface area (Å²) in [5.74, 6) is 0.144. The minimum Gasteiger partial charge on any atom is -0.384 e. The summed E-state index contributed by atoms with van der Waals surface area (Å²) < 4.78 is 54.1. The third-order valence-electron chi connectivity index (χ3n) is 4.80. The van der Waals surface area contributed by atoms with Crippen molar-refractivity contribution in [3.63, 3.8) is 0 Å². The van der Waals surface area contributed by atoms with Crippen molar-refractivity contribution in [2.45, 2.75) is 22.3 Å². The van der Waals surface area contributed by atoms with Crippen molar-refractivity contribution in [2.75, 3.05) is 25.5 Å². The van der Waals surface area contributed by atoms with Crippen LogP contribution in [0.15, 0.2) is 55.3 Å². The van der Waals surface area contributed by atoms with Crippen LogP contribution in [0.1, 0.15) is 12.0 Å². The van der Waals surface area contributed by atoms with E-state index in [2.05, 4.69) is 30.2 Å². The van der Waals surface area contributed by atoms with E-state index in [0.717, 1.165) is 0 Å². The lowest BCUT2D eigenvalue weighted by Crippen LogP contribution is -2.37. The van der Waals surface area contributed by atoms with Gasteiger partial charge in [-0.15, -0.1) is 5.11 Å². The monoisotopic (exact) mass is 464 g/mol. The Hall–Kier alpha value is -2.78. The predicted octanol–water partition coefficient (Wildman–Crippen LogP) is -0.212. The van der Waals surface area contributed by atoms with Gasteiger partial charge in [0.2, 0.25) is 20.0 Å². The van der Waals surface area contributed by atoms with Gasteiger partial charge in [-0.2, -0.15) is 5.11 Å². The smallest absolute Gasteiger partial charge is 0.242 e. The topological polar surface area (TPSA) is 194 Å². The normalized spacial score (nSPS) is 19.0. The molecule has 14 heteroatoms. The van der Waals surface area contributed by atoms with E-state index >= 15 is 0 Å². The van der Waals surface area contributed by atoms with Gasteiger partial charge < -0.3 is 11.1 Å². The maximum Gasteiger partial charge on any atom is 0.242 e. The maximum atomic E-state index is 13.1. The minimum absolute atomic E-state index is 0.0217. The number of nitrogens with zero attached hydrogens (tertiary/aromatic N) is 4. The molecule has 1 atom stereocenters. The Morgan fingerprint density at radius 3 is 2.55 bits per heavy atom. The molecule has 1 fully saturated rings. The highest BCUT2D eigenvalue weighted by molar-refractivity contribution is 7.92. The number of amidine groups is 1. The molecule has 0 aliphatic carbocycles. The highest BCUT2D eigenvalue weighted by Crippen LogP contribution is 2.34. The van der Waals surface area contributed by atoms with E-state index in [1.54, 1.807) is 18.2 Å². The zero-order chi connectivity index (χ0) is 22.2. The molecule has 12 nitrogen and oxygen atoms in total. The van der Waals surface area contributed by atoms with E-state index in [4.69, 9.17) is 10.9 Å². The van der Waals surface area contributed by atoms with E-state index in [9.17, 15) is 16.8 Å². The molecule has 0 amide bonds. The molecule has 2 aromatic rings. The molecule has 4 rings (SSSR count). The lowest BCUT2D eigenvalue weighted by Gasteiger charge is -2.18. The molecule has 2 aliphatic heterocycles. The quantitative estimate of drug-likeness (QED) is 0.454. The third kappa shape index (κ3) is 4.33. The Morgan fingerprint density at radius 1 is 1.13 bits per heavy atom. The van der Waals surface area contributed by atoms with Crippen LogP contribution in [0, 0.1) is 0 Å². The zero-order valence-electron chi connectivity index (χ0n) is 16.2. The van der Waals surface area contributed by atoms with Crippen molar-refractivity contribution in [3.8, 4) is 11.3 Å². The number of aliphatic imine (C=N–C) groups is 1. The van der Waals surface area contributed by atoms with Crippen LogP contribution in [0.4, 0.5) is 5.82 Å². The molecule has 31 heavy (non-hydrogen) atoms. The Kier molecular flexibility index (Phi) is 5.57. The van der Waals surface area contributed by atoms with Crippen molar-refractivity contribution in [2.24, 2.45) is 20.4 Å². The predicted molar refractivity (Wildman–Crippen MR) is 113 cm³/mol. The second-order valence-electron chi connectivity index (χ2n) is 6.98. The van der Waals surface area contributed by atoms with E-state index in [-0.39, 0.29) is 35.5 Å². The lowest BCUT2D eigenvalue weighted by atomic mass is 10.0. The van der Waals surface area contributed by atoms with Crippen LogP contribution in [0.2, 0.25) is 0 Å². The van der Waals surface area contributed by atoms with Crippen molar-refractivity contribution in [3.05, 3.63) is 35.9 Å². The third-order valence-corrected chi connectivity index (χ3v) is 7.48. The van der Waals surface area contributed by atoms with Gasteiger partial charge in [0.05, 0.1) is 11.3 Å². The number of hydrogen-bond acceptors (Lipinski definition) is 10. The molecular weight excluding hydrogens is 444 g/mol. The number of aromatic nitrogens is 1. The molecule has 1 aromatic carbocycles. The van der Waals surface area contributed by atoms with Crippen LogP contribution in [0.5, 0.6) is 0 Å². The largest absolute Gasteiger partial charge is 0.384 e. The molecule has 1 saturated heterocycles. The molecule has 0 saturated carbocycles. The van der Waals surface area contributed by atoms with Crippen molar-refractivity contribution in [1.29, 1.82) is 0 Å². The number of azo groups is 1. The summed E-state index contributed by atoms with van der Waals surface area (Å²) in [6.07, 6.45) is 0.572. The van der Waals surface area contributed by atoms with Gasteiger partial charge >= 0.3 is 0 Å². The number of nitrogens with two attached hydrogens (primary N) is 2. The zero-order valence-corrected chi connectivity index (χ0v) is 17.8. The standard InChI is InChI=1S/C17H20N8O4S2/c18-14-3-1-2-12(23-14)11-4-5-13(31(28,29)25-10-6-7-20-8-10)16(30(19,26)27)15(11)17-21-9-22-24-17/h1-5,10,20,25H,6-9H2,(H2,18,23)(H2,19,26,27)/t10-/m1/s1. The Morgan fingerprint density at radius 2 is 1.94 bits per heavy atom. The summed E-state index contributed by atoms with van der Waals surface area (Å²) in [4.78, 5) is 7.20. The van der Waals surface area contributed by atoms with E-state index in [1.165, 1.54) is 12.1 Å². The molecule has 0 unspecified atom stereocenters. The SMILES string of the molecule is Nc1cccc(-c2ccc(S(=O)(=O)N[C@@H]3CCNC3)c(S(N)(=O)=O)c2C2=NCN=N2)n1. The van der Waals surface area contributed by atoms with Crippen molar-refractivity contribution in [1.82, 2.24) is 15.0 Å². The molecular formula is C17H20N8O4S2. The van der Waals surface area contributed by atoms with Crippen LogP contribution in [0.3, 0.4) is 0 Å². The number of nitrogen functional groups attached to an aromatic ring is 1. The van der Waals surface area contributed by atoms with Gasteiger partial charge in [-0.25, -0.2) is 36.7 Å². The van der Waals surface area contributed by atoms with Crippen molar-refractivity contribution < 1.29 is 16.8 Å². The second-order valence-corrected chi connectivity index (χ2v) is 10.2. The Labute approximate surface area is 179 Å². The average Bonchev–Trinajstić information content (AvgIpc) is 3.40. The van der Waals surface area contributed by atoms with E-state index in [1.807, 2.05) is 0 Å². The van der Waals surface area contributed by atoms with Crippen LogP contribution in [-0.4, -0.2) is 53.5 Å². The number of rotatable bonds is 6. The summed E-state index contributed by atoms with van der Waals surface area (Å²) in [5.41, 5.74) is 6.26. The highest BCUT2D eigenvalue weighted by atomic mass is 32.2. The number of hydrogen-bond donors (Lipinski definition) is 4. The van der Waals surface area contributed by atoms with Gasteiger partial charge in [0, 0.05) is 18.2 Å². The number of benzene rings is 1. The maximum absolute atomic E-state index is 13.1. The van der Waals surface area contributed by atoms with Crippen LogP contribution >= 0.6 is 0 Å². The van der Waals surface area contributed by atoms with Gasteiger partial charge in [-0.1, -0.05) is 12.1 Å². The van der Waals surface area contributed by atoms with Gasteiger partial charge in [-0.05, 0) is 31.2 Å². The molecule has 2 aliphatic rings. The Balaban J connectivity index is 2.00. The first kappa shape index (κ1) is 21.5. The van der Waals surface area contributed by atoms with Gasteiger partial charge in [0.15, 0.2) is 12.5 Å². The Bertz CT molecular complexity index is 1300. The first-order valence-corrected chi connectivity index (χ1v) is 12.3. The number of anilines is 1. The van der Waals surface area contributed by atoms with Crippen molar-refractivity contribution >= 4 is 31.7 Å². The molecule has 1 aromatic heterocycles. The summed E-state index contributed by atoms with van der Waals surface area (Å²) in [7, 11) is -8.77.